The highest BCUT2D eigenvalue weighted by atomic mass is 16.7. The lowest BCUT2D eigenvalue weighted by Gasteiger charge is -2.50. The Kier molecular flexibility index (Phi) is 4.89. The zero-order valence-corrected chi connectivity index (χ0v) is 17.4. The third-order valence-corrected chi connectivity index (χ3v) is 8.11. The number of aliphatic hydroxyl groups excluding tert-OH is 2. The van der Waals surface area contributed by atoms with E-state index in [4.69, 9.17) is 19.9 Å². The van der Waals surface area contributed by atoms with Gasteiger partial charge in [-0.25, -0.2) is 0 Å². The first-order valence-corrected chi connectivity index (χ1v) is 11.2. The Morgan fingerprint density at radius 2 is 2.00 bits per heavy atom. The quantitative estimate of drug-likeness (QED) is 0.608. The van der Waals surface area contributed by atoms with Crippen molar-refractivity contribution in [3.8, 4) is 0 Å². The summed E-state index contributed by atoms with van der Waals surface area (Å²) in [7, 11) is 0. The monoisotopic (exact) mass is 412 g/mol. The average molecular weight is 413 g/mol. The Bertz CT molecular complexity index is 835. The number of aliphatic imine (C=N–C) groups is 1. The molecule has 3 bridgehead atoms. The number of allylic oxidation sites excluding steroid dienone is 2. The van der Waals surface area contributed by atoms with Crippen LogP contribution in [0.15, 0.2) is 42.0 Å². The maximum atomic E-state index is 11.3. The van der Waals surface area contributed by atoms with E-state index < -0.39 is 24.1 Å². The molecule has 0 amide bonds. The van der Waals surface area contributed by atoms with E-state index >= 15 is 0 Å². The van der Waals surface area contributed by atoms with Crippen LogP contribution in [0, 0.1) is 22.7 Å². The lowest BCUT2D eigenvalue weighted by molar-refractivity contribution is -0.261. The van der Waals surface area contributed by atoms with Gasteiger partial charge < -0.3 is 25.1 Å². The molecule has 0 unspecified atom stereocenters. The summed E-state index contributed by atoms with van der Waals surface area (Å²) in [6.07, 6.45) is 8.18. The molecule has 4 heterocycles. The number of hydrogen-bond donors (Lipinski definition) is 3. The van der Waals surface area contributed by atoms with E-state index in [1.807, 2.05) is 12.2 Å². The fourth-order valence-electron chi connectivity index (χ4n) is 6.51. The van der Waals surface area contributed by atoms with Crippen molar-refractivity contribution in [2.24, 2.45) is 22.2 Å². The van der Waals surface area contributed by atoms with Crippen molar-refractivity contribution < 1.29 is 19.7 Å². The molecule has 4 aliphatic heterocycles. The van der Waals surface area contributed by atoms with E-state index in [0.717, 1.165) is 37.0 Å². The van der Waals surface area contributed by atoms with Crippen LogP contribution in [0.25, 0.3) is 0 Å². The van der Waals surface area contributed by atoms with Crippen molar-refractivity contribution in [1.82, 2.24) is 0 Å². The molecule has 0 aromatic heterocycles. The molecule has 6 heteroatoms. The van der Waals surface area contributed by atoms with Crippen LogP contribution in [-0.4, -0.2) is 58.4 Å². The lowest BCUT2D eigenvalue weighted by atomic mass is 9.59. The third-order valence-electron chi connectivity index (χ3n) is 8.11. The molecule has 3 saturated heterocycles. The van der Waals surface area contributed by atoms with Gasteiger partial charge in [0.25, 0.3) is 0 Å². The molecule has 0 aromatic carbocycles. The van der Waals surface area contributed by atoms with Crippen LogP contribution in [0.2, 0.25) is 0 Å². The molecule has 3 fully saturated rings. The summed E-state index contributed by atoms with van der Waals surface area (Å²) in [4.78, 5) is 4.78. The van der Waals surface area contributed by atoms with Gasteiger partial charge in [-0.15, -0.1) is 6.58 Å². The zero-order chi connectivity index (χ0) is 21.1. The first-order valence-electron chi connectivity index (χ1n) is 11.2. The van der Waals surface area contributed by atoms with Gasteiger partial charge >= 0.3 is 0 Å². The van der Waals surface area contributed by atoms with E-state index in [0.29, 0.717) is 25.8 Å². The smallest absolute Gasteiger partial charge is 0.172 e. The SMILES string of the molecule is C=CC1=C[C@@H]2[C@@H]3O[C@]4(CC[C@H](O4)[C@@H](C=C)C[C@@H](O)C3=N)C[C@H](O)C3=NCC[C@@]32CC1. The van der Waals surface area contributed by atoms with Crippen LogP contribution in [-0.2, 0) is 9.47 Å². The van der Waals surface area contributed by atoms with Gasteiger partial charge in [0.2, 0.25) is 0 Å². The Labute approximate surface area is 177 Å². The Morgan fingerprint density at radius 1 is 1.17 bits per heavy atom. The highest BCUT2D eigenvalue weighted by Crippen LogP contribution is 2.54. The number of ether oxygens (including phenoxy) is 2. The predicted molar refractivity (Wildman–Crippen MR) is 115 cm³/mol. The van der Waals surface area contributed by atoms with Crippen LogP contribution in [0.3, 0.4) is 0 Å². The number of fused-ring (bicyclic) bond motifs is 3. The lowest BCUT2D eigenvalue weighted by Crippen LogP contribution is -2.58. The summed E-state index contributed by atoms with van der Waals surface area (Å²) in [5, 5.41) is 31.2. The second-order valence-electron chi connectivity index (χ2n) is 9.62. The van der Waals surface area contributed by atoms with Crippen LogP contribution in [0.1, 0.15) is 44.9 Å². The molecule has 0 radical (unpaired) electrons. The van der Waals surface area contributed by atoms with E-state index in [1.165, 1.54) is 0 Å². The van der Waals surface area contributed by atoms with Crippen molar-refractivity contribution >= 4 is 11.4 Å². The van der Waals surface area contributed by atoms with Crippen molar-refractivity contribution in [2.75, 3.05) is 6.54 Å². The topological polar surface area (TPSA) is 95.1 Å². The molecule has 2 spiro atoms. The molecule has 5 aliphatic rings. The van der Waals surface area contributed by atoms with Gasteiger partial charge in [0.15, 0.2) is 5.79 Å². The van der Waals surface area contributed by atoms with E-state index in [1.54, 1.807) is 0 Å². The van der Waals surface area contributed by atoms with Gasteiger partial charge in [-0.05, 0) is 32.1 Å². The molecule has 5 rings (SSSR count). The predicted octanol–water partition coefficient (Wildman–Crippen LogP) is 2.95. The summed E-state index contributed by atoms with van der Waals surface area (Å²) in [5.74, 6) is -1.21. The molecule has 1 aliphatic carbocycles. The van der Waals surface area contributed by atoms with Crippen LogP contribution in [0.4, 0.5) is 0 Å². The summed E-state index contributed by atoms with van der Waals surface area (Å²) < 4.78 is 13.1. The molecule has 30 heavy (non-hydrogen) atoms. The molecule has 162 valence electrons. The number of rotatable bonds is 2. The zero-order valence-electron chi connectivity index (χ0n) is 17.4. The first kappa shape index (κ1) is 20.3. The minimum atomic E-state index is -0.969. The molecular formula is C24H32N2O4. The second-order valence-corrected chi connectivity index (χ2v) is 9.62. The highest BCUT2D eigenvalue weighted by molar-refractivity contribution is 5.98. The molecule has 0 aromatic rings. The van der Waals surface area contributed by atoms with Crippen LogP contribution < -0.4 is 0 Å². The second kappa shape index (κ2) is 7.23. The van der Waals surface area contributed by atoms with Crippen molar-refractivity contribution in [1.29, 1.82) is 5.41 Å². The molecular weight excluding hydrogens is 380 g/mol. The van der Waals surface area contributed by atoms with Crippen LogP contribution in [0.5, 0.6) is 0 Å². The van der Waals surface area contributed by atoms with Gasteiger partial charge in [0.05, 0.1) is 24.0 Å². The molecule has 6 nitrogen and oxygen atoms in total. The highest BCUT2D eigenvalue weighted by Gasteiger charge is 2.59. The fourth-order valence-corrected chi connectivity index (χ4v) is 6.51. The fraction of sp³-hybridized carbons (Fsp3) is 0.667. The van der Waals surface area contributed by atoms with Crippen molar-refractivity contribution in [3.05, 3.63) is 37.0 Å². The minimum absolute atomic E-state index is 0.0566. The largest absolute Gasteiger partial charge is 0.387 e. The van der Waals surface area contributed by atoms with E-state index in [9.17, 15) is 10.2 Å². The van der Waals surface area contributed by atoms with Crippen molar-refractivity contribution in [3.63, 3.8) is 0 Å². The number of nitrogens with zero attached hydrogens (tertiary/aromatic N) is 1. The maximum absolute atomic E-state index is 11.3. The third kappa shape index (κ3) is 2.92. The molecule has 0 saturated carbocycles. The summed E-state index contributed by atoms with van der Waals surface area (Å²) in [6, 6.07) is 0. The molecule has 8 atom stereocenters. The summed E-state index contributed by atoms with van der Waals surface area (Å²) >= 11 is 0. The number of hydrogen-bond acceptors (Lipinski definition) is 6. The minimum Gasteiger partial charge on any atom is -0.387 e. The van der Waals surface area contributed by atoms with Gasteiger partial charge in [-0.2, -0.15) is 0 Å². The van der Waals surface area contributed by atoms with E-state index in [2.05, 4.69) is 19.2 Å². The van der Waals surface area contributed by atoms with Gasteiger partial charge in [0.1, 0.15) is 6.10 Å². The van der Waals surface area contributed by atoms with Gasteiger partial charge in [-0.1, -0.05) is 30.4 Å². The van der Waals surface area contributed by atoms with Crippen molar-refractivity contribution in [2.45, 2.75) is 75.1 Å². The Balaban J connectivity index is 1.67. The number of aliphatic hydroxyl groups is 2. The van der Waals surface area contributed by atoms with Crippen LogP contribution >= 0.6 is 0 Å². The van der Waals surface area contributed by atoms with Gasteiger partial charge in [0, 0.05) is 42.3 Å². The Morgan fingerprint density at radius 3 is 2.77 bits per heavy atom. The Hall–Kier alpha value is -1.60. The van der Waals surface area contributed by atoms with Gasteiger partial charge in [-0.3, -0.25) is 4.99 Å². The average Bonchev–Trinajstić information content (AvgIpc) is 3.35. The number of nitrogens with one attached hydrogen (secondary N) is 1. The normalized spacial score (nSPS) is 48.0. The standard InChI is InChI=1S/C24H32N2O4/c1-3-14-5-7-23-9-10-26-22(23)18(28)13-24-8-6-19(29-24)15(4-2)12-17(27)20(25)21(30-24)16(23)11-14/h3-4,11,15-19,21,25,27-28H,1-2,5-10,12-13H2/t15-,16+,17+,18-,19-,21-,23+,24+/m0/s1. The molecule has 3 N–H and O–H groups in total. The maximum Gasteiger partial charge on any atom is 0.172 e. The first-order chi connectivity index (χ1) is 14.4. The summed E-state index contributed by atoms with van der Waals surface area (Å²) in [5.41, 5.74) is 1.83. The summed E-state index contributed by atoms with van der Waals surface area (Å²) in [6.45, 7) is 8.57. The van der Waals surface area contributed by atoms with E-state index in [-0.39, 0.29) is 29.1 Å².